The van der Waals surface area contributed by atoms with Crippen molar-refractivity contribution in [3.8, 4) is 0 Å². The molecule has 3 rings (SSSR count). The maximum Gasteiger partial charge on any atom is 0.255 e. The smallest absolute Gasteiger partial charge is 0.255 e. The van der Waals surface area contributed by atoms with Crippen molar-refractivity contribution in [2.24, 2.45) is 0 Å². The Balaban J connectivity index is 1.66. The van der Waals surface area contributed by atoms with E-state index >= 15 is 0 Å². The van der Waals surface area contributed by atoms with E-state index in [9.17, 15) is 4.79 Å². The van der Waals surface area contributed by atoms with E-state index in [1.165, 1.54) is 18.4 Å². The van der Waals surface area contributed by atoms with Crippen LogP contribution in [0.2, 0.25) is 0 Å². The molecular formula is C19H22N2O. The van der Waals surface area contributed by atoms with Gasteiger partial charge in [-0.2, -0.15) is 0 Å². The summed E-state index contributed by atoms with van der Waals surface area (Å²) in [6.07, 6.45) is 2.47. The van der Waals surface area contributed by atoms with Gasteiger partial charge in [-0.15, -0.1) is 0 Å². The molecule has 2 aromatic rings. The molecule has 114 valence electrons. The minimum absolute atomic E-state index is 0.0595. The Morgan fingerprint density at radius 3 is 2.68 bits per heavy atom. The first-order valence-electron chi connectivity index (χ1n) is 7.91. The highest BCUT2D eigenvalue weighted by Crippen LogP contribution is 2.24. The average Bonchev–Trinajstić information content (AvgIpc) is 2.56. The molecule has 1 atom stereocenters. The van der Waals surface area contributed by atoms with Gasteiger partial charge in [-0.05, 0) is 62.1 Å². The van der Waals surface area contributed by atoms with Gasteiger partial charge in [-0.25, -0.2) is 0 Å². The number of hydrogen-bond acceptors (Lipinski definition) is 2. The van der Waals surface area contributed by atoms with Crippen LogP contribution >= 0.6 is 0 Å². The molecule has 0 saturated carbocycles. The molecule has 3 nitrogen and oxygen atoms in total. The van der Waals surface area contributed by atoms with Crippen LogP contribution in [0.1, 0.15) is 40.2 Å². The lowest BCUT2D eigenvalue weighted by molar-refractivity contribution is 0.102. The summed E-state index contributed by atoms with van der Waals surface area (Å²) in [5.41, 5.74) is 3.98. The van der Waals surface area contributed by atoms with E-state index in [1.807, 2.05) is 43.3 Å². The van der Waals surface area contributed by atoms with Crippen molar-refractivity contribution in [2.45, 2.75) is 25.7 Å². The second-order valence-electron chi connectivity index (χ2n) is 5.99. The van der Waals surface area contributed by atoms with Gasteiger partial charge >= 0.3 is 0 Å². The van der Waals surface area contributed by atoms with Gasteiger partial charge in [0.2, 0.25) is 0 Å². The summed E-state index contributed by atoms with van der Waals surface area (Å²) in [5, 5.41) is 6.40. The van der Waals surface area contributed by atoms with Crippen LogP contribution in [0.3, 0.4) is 0 Å². The number of carbonyl (C=O) groups excluding carboxylic acids is 1. The van der Waals surface area contributed by atoms with Crippen LogP contribution in [0.4, 0.5) is 5.69 Å². The summed E-state index contributed by atoms with van der Waals surface area (Å²) in [4.78, 5) is 12.2. The van der Waals surface area contributed by atoms with E-state index in [-0.39, 0.29) is 5.91 Å². The Morgan fingerprint density at radius 2 is 2.00 bits per heavy atom. The van der Waals surface area contributed by atoms with Gasteiger partial charge < -0.3 is 10.6 Å². The van der Waals surface area contributed by atoms with Crippen LogP contribution in [0, 0.1) is 6.92 Å². The molecule has 0 spiro atoms. The molecular weight excluding hydrogens is 272 g/mol. The molecule has 0 aromatic heterocycles. The van der Waals surface area contributed by atoms with Crippen LogP contribution in [0.5, 0.6) is 0 Å². The van der Waals surface area contributed by atoms with Crippen molar-refractivity contribution >= 4 is 11.6 Å². The summed E-state index contributed by atoms with van der Waals surface area (Å²) in [6.45, 7) is 4.17. The molecule has 2 aromatic carbocycles. The number of piperidine rings is 1. The highest BCUT2D eigenvalue weighted by atomic mass is 16.1. The Labute approximate surface area is 131 Å². The van der Waals surface area contributed by atoms with Crippen LogP contribution in [-0.2, 0) is 0 Å². The zero-order valence-electron chi connectivity index (χ0n) is 12.9. The second-order valence-corrected chi connectivity index (χ2v) is 5.99. The van der Waals surface area contributed by atoms with E-state index in [0.29, 0.717) is 11.5 Å². The molecule has 0 bridgehead atoms. The van der Waals surface area contributed by atoms with Crippen molar-refractivity contribution in [1.82, 2.24) is 5.32 Å². The van der Waals surface area contributed by atoms with Crippen LogP contribution in [0.15, 0.2) is 48.5 Å². The fourth-order valence-electron chi connectivity index (χ4n) is 2.96. The third-order valence-electron chi connectivity index (χ3n) is 4.22. The van der Waals surface area contributed by atoms with E-state index in [1.54, 1.807) is 0 Å². The number of carbonyl (C=O) groups is 1. The van der Waals surface area contributed by atoms with Gasteiger partial charge in [0.1, 0.15) is 0 Å². The zero-order valence-corrected chi connectivity index (χ0v) is 12.9. The first-order chi connectivity index (χ1) is 10.7. The Bertz CT molecular complexity index is 643. The summed E-state index contributed by atoms with van der Waals surface area (Å²) >= 11 is 0. The molecule has 1 aliphatic rings. The summed E-state index contributed by atoms with van der Waals surface area (Å²) in [6, 6.07) is 15.9. The van der Waals surface area contributed by atoms with E-state index in [4.69, 9.17) is 0 Å². The first-order valence-corrected chi connectivity index (χ1v) is 7.91. The number of aryl methyl sites for hydroxylation is 1. The first kappa shape index (κ1) is 14.8. The van der Waals surface area contributed by atoms with Gasteiger partial charge in [-0.3, -0.25) is 4.79 Å². The molecule has 3 heteroatoms. The number of anilines is 1. The van der Waals surface area contributed by atoms with Gasteiger partial charge in [0.25, 0.3) is 5.91 Å². The molecule has 1 saturated heterocycles. The van der Waals surface area contributed by atoms with E-state index in [0.717, 1.165) is 24.3 Å². The number of benzene rings is 2. The van der Waals surface area contributed by atoms with Gasteiger partial charge in [-0.1, -0.05) is 29.8 Å². The summed E-state index contributed by atoms with van der Waals surface area (Å²) in [5.74, 6) is 0.533. The molecule has 0 aliphatic carbocycles. The molecule has 0 radical (unpaired) electrons. The lowest BCUT2D eigenvalue weighted by atomic mass is 9.91. The number of nitrogens with one attached hydrogen (secondary N) is 2. The number of hydrogen-bond donors (Lipinski definition) is 2. The highest BCUT2D eigenvalue weighted by molar-refractivity contribution is 6.04. The standard InChI is InChI=1S/C19H22N2O/c1-14-4-2-5-16(12-14)19(22)21-18-9-7-15(8-10-18)17-6-3-11-20-13-17/h2,4-5,7-10,12,17,20H,3,6,11,13H2,1H3,(H,21,22). The molecule has 22 heavy (non-hydrogen) atoms. The fourth-order valence-corrected chi connectivity index (χ4v) is 2.96. The van der Waals surface area contributed by atoms with Crippen molar-refractivity contribution < 1.29 is 4.79 Å². The number of amides is 1. The third-order valence-corrected chi connectivity index (χ3v) is 4.22. The average molecular weight is 294 g/mol. The minimum atomic E-state index is -0.0595. The fraction of sp³-hybridized carbons (Fsp3) is 0.316. The third kappa shape index (κ3) is 3.55. The SMILES string of the molecule is Cc1cccc(C(=O)Nc2ccc(C3CCCNC3)cc2)c1. The molecule has 2 N–H and O–H groups in total. The molecule has 1 fully saturated rings. The summed E-state index contributed by atoms with van der Waals surface area (Å²) < 4.78 is 0. The van der Waals surface area contributed by atoms with Crippen molar-refractivity contribution in [3.05, 3.63) is 65.2 Å². The quantitative estimate of drug-likeness (QED) is 0.906. The van der Waals surface area contributed by atoms with Crippen molar-refractivity contribution in [1.29, 1.82) is 0 Å². The molecule has 1 aliphatic heterocycles. The Hall–Kier alpha value is -2.13. The van der Waals surface area contributed by atoms with Crippen LogP contribution in [0.25, 0.3) is 0 Å². The predicted octanol–water partition coefficient (Wildman–Crippen LogP) is 3.71. The second kappa shape index (κ2) is 6.75. The molecule has 1 heterocycles. The van der Waals surface area contributed by atoms with E-state index in [2.05, 4.69) is 22.8 Å². The minimum Gasteiger partial charge on any atom is -0.322 e. The van der Waals surface area contributed by atoms with Gasteiger partial charge in [0, 0.05) is 17.8 Å². The van der Waals surface area contributed by atoms with Crippen molar-refractivity contribution in [3.63, 3.8) is 0 Å². The highest BCUT2D eigenvalue weighted by Gasteiger charge is 2.15. The maximum atomic E-state index is 12.2. The normalized spacial score (nSPS) is 18.0. The number of rotatable bonds is 3. The maximum absolute atomic E-state index is 12.2. The predicted molar refractivity (Wildman–Crippen MR) is 90.4 cm³/mol. The lowest BCUT2D eigenvalue weighted by Gasteiger charge is -2.23. The van der Waals surface area contributed by atoms with Gasteiger partial charge in [0.15, 0.2) is 0 Å². The lowest BCUT2D eigenvalue weighted by Crippen LogP contribution is -2.28. The summed E-state index contributed by atoms with van der Waals surface area (Å²) in [7, 11) is 0. The zero-order chi connectivity index (χ0) is 15.4. The largest absolute Gasteiger partial charge is 0.322 e. The van der Waals surface area contributed by atoms with Crippen molar-refractivity contribution in [2.75, 3.05) is 18.4 Å². The topological polar surface area (TPSA) is 41.1 Å². The Morgan fingerprint density at radius 1 is 1.18 bits per heavy atom. The molecule has 1 unspecified atom stereocenters. The Kier molecular flexibility index (Phi) is 4.54. The van der Waals surface area contributed by atoms with Crippen LogP contribution < -0.4 is 10.6 Å². The van der Waals surface area contributed by atoms with Gasteiger partial charge in [0.05, 0.1) is 0 Å². The van der Waals surface area contributed by atoms with Crippen LogP contribution in [-0.4, -0.2) is 19.0 Å². The monoisotopic (exact) mass is 294 g/mol. The van der Waals surface area contributed by atoms with E-state index < -0.39 is 0 Å². The molecule has 1 amide bonds.